The maximum atomic E-state index is 5.72. The minimum Gasteiger partial charge on any atom is -0.496 e. The number of aryl methyl sites for hydroxylation is 1. The first kappa shape index (κ1) is 14.4. The summed E-state index contributed by atoms with van der Waals surface area (Å²) in [5.41, 5.74) is 10.5. The number of benzene rings is 2. The fourth-order valence-corrected chi connectivity index (χ4v) is 2.41. The number of ether oxygens (including phenoxy) is 1. The molecule has 0 aliphatic rings. The van der Waals surface area contributed by atoms with Crippen molar-refractivity contribution in [3.05, 3.63) is 59.2 Å². The summed E-state index contributed by atoms with van der Waals surface area (Å²) in [5.74, 6) is 0.905. The fourth-order valence-electron chi connectivity index (χ4n) is 2.41. The Morgan fingerprint density at radius 1 is 1.15 bits per heavy atom. The van der Waals surface area contributed by atoms with E-state index in [1.807, 2.05) is 12.1 Å². The molecule has 0 aliphatic carbocycles. The van der Waals surface area contributed by atoms with Crippen molar-refractivity contribution < 1.29 is 4.74 Å². The van der Waals surface area contributed by atoms with Crippen LogP contribution in [0.4, 0.5) is 5.69 Å². The van der Waals surface area contributed by atoms with Crippen LogP contribution < -0.4 is 15.4 Å². The molecule has 0 heterocycles. The number of methoxy groups -OCH3 is 1. The van der Waals surface area contributed by atoms with Gasteiger partial charge in [-0.2, -0.15) is 0 Å². The highest BCUT2D eigenvalue weighted by molar-refractivity contribution is 5.53. The lowest BCUT2D eigenvalue weighted by molar-refractivity contribution is 0.409. The molecule has 2 N–H and O–H groups in total. The first-order valence-electron chi connectivity index (χ1n) is 6.78. The van der Waals surface area contributed by atoms with Crippen LogP contribution in [0.15, 0.2) is 42.5 Å². The van der Waals surface area contributed by atoms with Gasteiger partial charge in [-0.1, -0.05) is 24.3 Å². The molecule has 2 aromatic carbocycles. The SMILES string of the molecule is COc1ccc(CN)cc1CN(C)c1ccccc1C. The number of hydrogen-bond donors (Lipinski definition) is 1. The molecule has 20 heavy (non-hydrogen) atoms. The summed E-state index contributed by atoms with van der Waals surface area (Å²) < 4.78 is 5.44. The zero-order valence-electron chi connectivity index (χ0n) is 12.4. The van der Waals surface area contributed by atoms with Gasteiger partial charge in [-0.15, -0.1) is 0 Å². The molecule has 0 fully saturated rings. The van der Waals surface area contributed by atoms with Gasteiger partial charge in [0.1, 0.15) is 5.75 Å². The second-order valence-electron chi connectivity index (χ2n) is 4.99. The predicted molar refractivity (Wildman–Crippen MR) is 84.2 cm³/mol. The smallest absolute Gasteiger partial charge is 0.123 e. The van der Waals surface area contributed by atoms with E-state index in [9.17, 15) is 0 Å². The van der Waals surface area contributed by atoms with Crippen LogP contribution in [0.3, 0.4) is 0 Å². The average molecular weight is 270 g/mol. The minimum absolute atomic E-state index is 0.547. The van der Waals surface area contributed by atoms with Gasteiger partial charge in [0, 0.05) is 31.4 Å². The lowest BCUT2D eigenvalue weighted by atomic mass is 10.1. The Kier molecular flexibility index (Phi) is 4.64. The molecule has 0 aromatic heterocycles. The number of nitrogens with zero attached hydrogens (tertiary/aromatic N) is 1. The number of hydrogen-bond acceptors (Lipinski definition) is 3. The highest BCUT2D eigenvalue weighted by Crippen LogP contribution is 2.25. The van der Waals surface area contributed by atoms with Crippen molar-refractivity contribution in [1.29, 1.82) is 0 Å². The van der Waals surface area contributed by atoms with E-state index >= 15 is 0 Å². The Morgan fingerprint density at radius 3 is 2.55 bits per heavy atom. The molecule has 3 nitrogen and oxygen atoms in total. The summed E-state index contributed by atoms with van der Waals surface area (Å²) in [6, 6.07) is 14.5. The third-order valence-corrected chi connectivity index (χ3v) is 3.51. The van der Waals surface area contributed by atoms with E-state index in [2.05, 4.69) is 49.2 Å². The zero-order chi connectivity index (χ0) is 14.5. The highest BCUT2D eigenvalue weighted by Gasteiger charge is 2.09. The molecule has 106 valence electrons. The van der Waals surface area contributed by atoms with E-state index in [0.29, 0.717) is 6.54 Å². The summed E-state index contributed by atoms with van der Waals surface area (Å²) in [4.78, 5) is 2.23. The Balaban J connectivity index is 2.27. The van der Waals surface area contributed by atoms with Gasteiger partial charge in [0.25, 0.3) is 0 Å². The van der Waals surface area contributed by atoms with Crippen LogP contribution in [0.1, 0.15) is 16.7 Å². The molecule has 0 saturated carbocycles. The van der Waals surface area contributed by atoms with Crippen molar-refractivity contribution in [3.63, 3.8) is 0 Å². The third-order valence-electron chi connectivity index (χ3n) is 3.51. The van der Waals surface area contributed by atoms with Crippen molar-refractivity contribution in [2.45, 2.75) is 20.0 Å². The van der Waals surface area contributed by atoms with Crippen LogP contribution in [0, 0.1) is 6.92 Å². The molecule has 0 bridgehead atoms. The van der Waals surface area contributed by atoms with Crippen molar-refractivity contribution >= 4 is 5.69 Å². The van der Waals surface area contributed by atoms with Crippen LogP contribution in [0.2, 0.25) is 0 Å². The van der Waals surface area contributed by atoms with E-state index in [-0.39, 0.29) is 0 Å². The van der Waals surface area contributed by atoms with Gasteiger partial charge in [-0.05, 0) is 36.2 Å². The topological polar surface area (TPSA) is 38.5 Å². The maximum absolute atomic E-state index is 5.72. The van der Waals surface area contributed by atoms with Gasteiger partial charge in [0.05, 0.1) is 7.11 Å². The van der Waals surface area contributed by atoms with Gasteiger partial charge < -0.3 is 15.4 Å². The summed E-state index contributed by atoms with van der Waals surface area (Å²) in [6.45, 7) is 3.46. The van der Waals surface area contributed by atoms with Crippen LogP contribution >= 0.6 is 0 Å². The van der Waals surface area contributed by atoms with E-state index in [4.69, 9.17) is 10.5 Å². The van der Waals surface area contributed by atoms with Crippen molar-refractivity contribution in [2.75, 3.05) is 19.1 Å². The number of nitrogens with two attached hydrogens (primary N) is 1. The van der Waals surface area contributed by atoms with Crippen LogP contribution in [0.25, 0.3) is 0 Å². The van der Waals surface area contributed by atoms with E-state index in [1.165, 1.54) is 11.3 Å². The maximum Gasteiger partial charge on any atom is 0.123 e. The molecule has 0 spiro atoms. The largest absolute Gasteiger partial charge is 0.496 e. The van der Waals surface area contributed by atoms with Gasteiger partial charge >= 0.3 is 0 Å². The second-order valence-corrected chi connectivity index (χ2v) is 4.99. The van der Waals surface area contributed by atoms with Crippen molar-refractivity contribution in [3.8, 4) is 5.75 Å². The van der Waals surface area contributed by atoms with Crippen LogP contribution in [-0.4, -0.2) is 14.2 Å². The summed E-state index contributed by atoms with van der Waals surface area (Å²) >= 11 is 0. The van der Waals surface area contributed by atoms with Crippen molar-refractivity contribution in [2.24, 2.45) is 5.73 Å². The third kappa shape index (κ3) is 3.11. The van der Waals surface area contributed by atoms with Crippen LogP contribution in [0.5, 0.6) is 5.75 Å². The molecule has 0 saturated heterocycles. The summed E-state index contributed by atoms with van der Waals surface area (Å²) in [5, 5.41) is 0. The zero-order valence-corrected chi connectivity index (χ0v) is 12.4. The summed E-state index contributed by atoms with van der Waals surface area (Å²) in [7, 11) is 3.80. The van der Waals surface area contributed by atoms with Crippen molar-refractivity contribution in [1.82, 2.24) is 0 Å². The standard InChI is InChI=1S/C17H22N2O/c1-13-6-4-5-7-16(13)19(2)12-15-10-14(11-18)8-9-17(15)20-3/h4-10H,11-12,18H2,1-3H3. The van der Waals surface area contributed by atoms with Gasteiger partial charge in [-0.25, -0.2) is 0 Å². The second kappa shape index (κ2) is 6.44. The highest BCUT2D eigenvalue weighted by atomic mass is 16.5. The van der Waals surface area contributed by atoms with Crippen LogP contribution in [-0.2, 0) is 13.1 Å². The summed E-state index contributed by atoms with van der Waals surface area (Å²) in [6.07, 6.45) is 0. The lowest BCUT2D eigenvalue weighted by Crippen LogP contribution is -2.18. The average Bonchev–Trinajstić information content (AvgIpc) is 2.47. The molecular weight excluding hydrogens is 248 g/mol. The van der Waals surface area contributed by atoms with E-state index in [1.54, 1.807) is 7.11 Å². The molecule has 3 heteroatoms. The molecule has 2 aromatic rings. The number of rotatable bonds is 5. The molecule has 0 amide bonds. The number of anilines is 1. The molecule has 0 atom stereocenters. The minimum atomic E-state index is 0.547. The monoisotopic (exact) mass is 270 g/mol. The first-order valence-corrected chi connectivity index (χ1v) is 6.78. The normalized spacial score (nSPS) is 10.4. The van der Waals surface area contributed by atoms with Gasteiger partial charge in [-0.3, -0.25) is 0 Å². The molecule has 0 radical (unpaired) electrons. The lowest BCUT2D eigenvalue weighted by Gasteiger charge is -2.23. The Morgan fingerprint density at radius 2 is 1.90 bits per heavy atom. The Bertz CT molecular complexity index is 581. The predicted octanol–water partition coefficient (Wildman–Crippen LogP) is 3.10. The van der Waals surface area contributed by atoms with Gasteiger partial charge in [0.15, 0.2) is 0 Å². The molecule has 0 aliphatic heterocycles. The Labute approximate surface area is 121 Å². The number of para-hydroxylation sites is 1. The molecule has 0 unspecified atom stereocenters. The quantitative estimate of drug-likeness (QED) is 0.907. The Hall–Kier alpha value is -2.00. The first-order chi connectivity index (χ1) is 9.65. The molecular formula is C17H22N2O. The van der Waals surface area contributed by atoms with Gasteiger partial charge in [0.2, 0.25) is 0 Å². The van der Waals surface area contributed by atoms with E-state index < -0.39 is 0 Å². The fraction of sp³-hybridized carbons (Fsp3) is 0.294. The molecule has 2 rings (SSSR count). The van der Waals surface area contributed by atoms with E-state index in [0.717, 1.165) is 23.4 Å².